The van der Waals surface area contributed by atoms with E-state index in [1.54, 1.807) is 0 Å². The lowest BCUT2D eigenvalue weighted by molar-refractivity contribution is 0.227. The van der Waals surface area contributed by atoms with Crippen molar-refractivity contribution in [3.63, 3.8) is 0 Å². The largest absolute Gasteiger partial charge is 0.482 e. The molecule has 0 fully saturated rings. The maximum atomic E-state index is 5.89. The molecule has 0 bridgehead atoms. The van der Waals surface area contributed by atoms with E-state index < -0.39 is 0 Å². The fourth-order valence-corrected chi connectivity index (χ4v) is 2.42. The molecule has 19 heavy (non-hydrogen) atoms. The van der Waals surface area contributed by atoms with Crippen LogP contribution in [0.15, 0.2) is 30.5 Å². The van der Waals surface area contributed by atoms with E-state index >= 15 is 0 Å². The van der Waals surface area contributed by atoms with Crippen LogP contribution < -0.4 is 10.5 Å². The maximum absolute atomic E-state index is 5.89. The van der Waals surface area contributed by atoms with E-state index in [0.717, 1.165) is 29.3 Å². The van der Waals surface area contributed by atoms with Crippen molar-refractivity contribution in [1.82, 2.24) is 9.97 Å². The summed E-state index contributed by atoms with van der Waals surface area (Å²) in [4.78, 5) is 8.95. The Morgan fingerprint density at radius 2 is 2.16 bits per heavy atom. The van der Waals surface area contributed by atoms with Crippen molar-refractivity contribution in [1.29, 1.82) is 0 Å². The Morgan fingerprint density at radius 1 is 1.37 bits per heavy atom. The van der Waals surface area contributed by atoms with Crippen molar-refractivity contribution < 1.29 is 4.74 Å². The second-order valence-corrected chi connectivity index (χ2v) is 4.98. The smallest absolute Gasteiger partial charge is 0.169 e. The number of nitrogens with two attached hydrogens (primary N) is 1. The molecule has 1 aromatic carbocycles. The first-order valence-electron chi connectivity index (χ1n) is 6.48. The molecule has 2 N–H and O–H groups in total. The normalized spacial score (nSPS) is 18.8. The van der Waals surface area contributed by atoms with Crippen LogP contribution in [0.25, 0.3) is 0 Å². The van der Waals surface area contributed by atoms with E-state index in [1.165, 1.54) is 5.56 Å². The molecule has 1 aromatic heterocycles. The molecule has 3 rings (SSSR count). The van der Waals surface area contributed by atoms with Gasteiger partial charge in [0.2, 0.25) is 0 Å². The quantitative estimate of drug-likeness (QED) is 0.895. The molecule has 0 spiro atoms. The summed E-state index contributed by atoms with van der Waals surface area (Å²) in [5.74, 6) is 1.67. The van der Waals surface area contributed by atoms with E-state index in [2.05, 4.69) is 16.0 Å². The number of aromatic nitrogens is 2. The number of hydrogen-bond donors (Lipinski definition) is 1. The lowest BCUT2D eigenvalue weighted by atomic mass is 10.1. The average Bonchev–Trinajstić information content (AvgIpc) is 2.81. The Hall–Kier alpha value is -1.94. The highest BCUT2D eigenvalue weighted by Crippen LogP contribution is 2.35. The third-order valence-electron chi connectivity index (χ3n) is 3.46. The molecule has 0 saturated heterocycles. The third-order valence-corrected chi connectivity index (χ3v) is 3.46. The van der Waals surface area contributed by atoms with E-state index in [9.17, 15) is 0 Å². The summed E-state index contributed by atoms with van der Waals surface area (Å²) in [6.07, 6.45) is 2.56. The van der Waals surface area contributed by atoms with E-state index in [-0.39, 0.29) is 12.1 Å². The van der Waals surface area contributed by atoms with Gasteiger partial charge in [0, 0.05) is 29.9 Å². The Morgan fingerprint density at radius 3 is 2.84 bits per heavy atom. The number of rotatable bonds is 2. The third kappa shape index (κ3) is 2.19. The topological polar surface area (TPSA) is 61.0 Å². The molecule has 98 valence electrons. The van der Waals surface area contributed by atoms with Crippen LogP contribution in [-0.4, -0.2) is 9.97 Å². The molecule has 0 aliphatic carbocycles. The summed E-state index contributed by atoms with van der Waals surface area (Å²) in [5.41, 5.74) is 9.00. The summed E-state index contributed by atoms with van der Waals surface area (Å²) < 4.78 is 5.89. The zero-order valence-electron chi connectivity index (χ0n) is 11.1. The predicted molar refractivity (Wildman–Crippen MR) is 72.9 cm³/mol. The molecule has 2 aromatic rings. The summed E-state index contributed by atoms with van der Waals surface area (Å²) in [7, 11) is 0. The summed E-state index contributed by atoms with van der Waals surface area (Å²) in [6.45, 7) is 3.90. The molecule has 0 saturated carbocycles. The molecule has 2 heterocycles. The van der Waals surface area contributed by atoms with Gasteiger partial charge in [-0.15, -0.1) is 0 Å². The first-order chi connectivity index (χ1) is 9.15. The van der Waals surface area contributed by atoms with Crippen LogP contribution in [0, 0.1) is 6.92 Å². The molecule has 4 heteroatoms. The van der Waals surface area contributed by atoms with E-state index in [1.807, 2.05) is 38.2 Å². The number of hydrogen-bond acceptors (Lipinski definition) is 4. The van der Waals surface area contributed by atoms with Crippen LogP contribution in [-0.2, 0) is 6.42 Å². The summed E-state index contributed by atoms with van der Waals surface area (Å²) in [6, 6.07) is 8.02. The van der Waals surface area contributed by atoms with Crippen molar-refractivity contribution >= 4 is 0 Å². The van der Waals surface area contributed by atoms with Crippen molar-refractivity contribution in [2.45, 2.75) is 32.4 Å². The van der Waals surface area contributed by atoms with Gasteiger partial charge < -0.3 is 10.5 Å². The lowest BCUT2D eigenvalue weighted by Gasteiger charge is -2.13. The summed E-state index contributed by atoms with van der Waals surface area (Å²) in [5, 5.41) is 0. The van der Waals surface area contributed by atoms with Gasteiger partial charge in [-0.05, 0) is 25.5 Å². The molecule has 2 atom stereocenters. The first kappa shape index (κ1) is 12.1. The number of aryl methyl sites for hydroxylation is 1. The second-order valence-electron chi connectivity index (χ2n) is 4.98. The number of benzene rings is 1. The molecule has 1 unspecified atom stereocenters. The lowest BCUT2D eigenvalue weighted by Crippen LogP contribution is -2.14. The van der Waals surface area contributed by atoms with Gasteiger partial charge in [-0.25, -0.2) is 9.97 Å². The summed E-state index contributed by atoms with van der Waals surface area (Å²) >= 11 is 0. The minimum absolute atomic E-state index is 0.0456. The van der Waals surface area contributed by atoms with Gasteiger partial charge in [0.25, 0.3) is 0 Å². The predicted octanol–water partition coefficient (Wildman–Crippen LogP) is 2.48. The van der Waals surface area contributed by atoms with Gasteiger partial charge in [0.15, 0.2) is 11.9 Å². The molecule has 4 nitrogen and oxygen atoms in total. The molecular formula is C15H17N3O. The Bertz CT molecular complexity index is 585. The minimum atomic E-state index is -0.0850. The van der Waals surface area contributed by atoms with Crippen LogP contribution in [0.3, 0.4) is 0 Å². The molecular weight excluding hydrogens is 238 g/mol. The van der Waals surface area contributed by atoms with Crippen LogP contribution in [0.5, 0.6) is 5.75 Å². The van der Waals surface area contributed by atoms with Crippen molar-refractivity contribution in [3.8, 4) is 5.75 Å². The van der Waals surface area contributed by atoms with Gasteiger partial charge >= 0.3 is 0 Å². The molecule has 1 aliphatic heterocycles. The van der Waals surface area contributed by atoms with Gasteiger partial charge in [-0.1, -0.05) is 18.2 Å². The Kier molecular flexibility index (Phi) is 2.95. The number of para-hydroxylation sites is 1. The van der Waals surface area contributed by atoms with Gasteiger partial charge in [0.1, 0.15) is 5.75 Å². The van der Waals surface area contributed by atoms with Gasteiger partial charge in [-0.3, -0.25) is 0 Å². The highest BCUT2D eigenvalue weighted by atomic mass is 16.5. The number of fused-ring (bicyclic) bond motifs is 1. The van der Waals surface area contributed by atoms with Crippen LogP contribution in [0.4, 0.5) is 0 Å². The van der Waals surface area contributed by atoms with E-state index in [4.69, 9.17) is 10.5 Å². The fraction of sp³-hybridized carbons (Fsp3) is 0.333. The molecule has 0 radical (unpaired) electrons. The van der Waals surface area contributed by atoms with Crippen LogP contribution in [0.1, 0.15) is 41.7 Å². The van der Waals surface area contributed by atoms with Gasteiger partial charge in [0.05, 0.1) is 0 Å². The van der Waals surface area contributed by atoms with Gasteiger partial charge in [-0.2, -0.15) is 0 Å². The first-order valence-corrected chi connectivity index (χ1v) is 6.48. The monoisotopic (exact) mass is 255 g/mol. The second kappa shape index (κ2) is 4.63. The highest BCUT2D eigenvalue weighted by molar-refractivity contribution is 5.38. The zero-order chi connectivity index (χ0) is 13.4. The van der Waals surface area contributed by atoms with Crippen molar-refractivity contribution in [2.75, 3.05) is 0 Å². The van der Waals surface area contributed by atoms with Crippen LogP contribution >= 0.6 is 0 Å². The van der Waals surface area contributed by atoms with Crippen molar-refractivity contribution in [3.05, 3.63) is 53.1 Å². The Balaban J connectivity index is 1.88. The molecule has 1 aliphatic rings. The Labute approximate surface area is 112 Å². The standard InChI is InChI=1S/C15H17N3O/c1-9(16)12-8-17-15(18-10(12)2)14-7-11-5-3-4-6-13(11)19-14/h3-6,8-9,14H,7,16H2,1-2H3/t9-,14?/m1/s1. The van der Waals surface area contributed by atoms with Crippen molar-refractivity contribution in [2.24, 2.45) is 5.73 Å². The number of ether oxygens (including phenoxy) is 1. The number of nitrogens with zero attached hydrogens (tertiary/aromatic N) is 2. The maximum Gasteiger partial charge on any atom is 0.169 e. The SMILES string of the molecule is Cc1nc(C2Cc3ccccc3O2)ncc1[C@@H](C)N. The minimum Gasteiger partial charge on any atom is -0.482 e. The highest BCUT2D eigenvalue weighted by Gasteiger charge is 2.26. The van der Waals surface area contributed by atoms with E-state index in [0.29, 0.717) is 0 Å². The molecule has 0 amide bonds. The zero-order valence-corrected chi connectivity index (χ0v) is 11.1. The van der Waals surface area contributed by atoms with Crippen LogP contribution in [0.2, 0.25) is 0 Å². The fourth-order valence-electron chi connectivity index (χ4n) is 2.42. The average molecular weight is 255 g/mol.